The minimum Gasteiger partial charge on any atom is -0.503 e. The molecule has 0 bridgehead atoms. The number of nitrogens with one attached hydrogen (secondary N) is 1. The van der Waals surface area contributed by atoms with Crippen molar-refractivity contribution in [2.45, 2.75) is 19.8 Å². The molecule has 1 atom stereocenters. The maximum absolute atomic E-state index is 13.5. The second-order valence-electron chi connectivity index (χ2n) is 4.34. The Hall–Kier alpha value is -1.43. The molecule has 1 aromatic rings. The van der Waals surface area contributed by atoms with Crippen LogP contribution in [0.5, 0.6) is 5.75 Å². The second kappa shape index (κ2) is 7.38. The third-order valence-electron chi connectivity index (χ3n) is 3.02. The molecule has 0 heterocycles. The minimum atomic E-state index is -1.72. The van der Waals surface area contributed by atoms with Gasteiger partial charge in [-0.25, -0.2) is 8.78 Å². The molecule has 0 aromatic heterocycles. The van der Waals surface area contributed by atoms with Gasteiger partial charge < -0.3 is 10.4 Å². The first-order valence-electron chi connectivity index (χ1n) is 6.12. The Morgan fingerprint density at radius 3 is 2.60 bits per heavy atom. The lowest BCUT2D eigenvalue weighted by molar-refractivity contribution is 0.0940. The summed E-state index contributed by atoms with van der Waals surface area (Å²) in [6, 6.07) is 0.419. The van der Waals surface area contributed by atoms with Gasteiger partial charge in [-0.05, 0) is 18.4 Å². The van der Waals surface area contributed by atoms with Crippen molar-refractivity contribution in [1.29, 1.82) is 0 Å². The second-order valence-corrected chi connectivity index (χ2v) is 4.72. The summed E-state index contributed by atoms with van der Waals surface area (Å²) in [6.07, 6.45) is 1.43. The molecule has 0 fully saturated rings. The summed E-state index contributed by atoms with van der Waals surface area (Å²) in [4.78, 5) is 11.7. The summed E-state index contributed by atoms with van der Waals surface area (Å²) < 4.78 is 39.5. The van der Waals surface area contributed by atoms with Crippen LogP contribution in [-0.4, -0.2) is 23.4 Å². The van der Waals surface area contributed by atoms with E-state index in [0.29, 0.717) is 18.4 Å². The molecular weight excluding hydrogens is 295 g/mol. The van der Waals surface area contributed by atoms with E-state index in [-0.39, 0.29) is 12.5 Å². The molecule has 1 amide bonds. The van der Waals surface area contributed by atoms with Crippen molar-refractivity contribution in [2.24, 2.45) is 5.92 Å². The maximum atomic E-state index is 13.5. The van der Waals surface area contributed by atoms with Crippen LogP contribution in [0, 0.1) is 23.4 Å². The molecule has 3 nitrogen and oxygen atoms in total. The third-order valence-corrected chi connectivity index (χ3v) is 3.24. The van der Waals surface area contributed by atoms with E-state index in [0.717, 1.165) is 6.42 Å². The van der Waals surface area contributed by atoms with Crippen molar-refractivity contribution in [3.8, 4) is 5.75 Å². The zero-order chi connectivity index (χ0) is 15.3. The predicted molar refractivity (Wildman–Crippen MR) is 69.4 cm³/mol. The number of alkyl halides is 1. The van der Waals surface area contributed by atoms with Crippen LogP contribution in [0.15, 0.2) is 6.07 Å². The van der Waals surface area contributed by atoms with Gasteiger partial charge in [0.1, 0.15) is 0 Å². The van der Waals surface area contributed by atoms with Crippen LogP contribution >= 0.6 is 11.6 Å². The van der Waals surface area contributed by atoms with Crippen LogP contribution < -0.4 is 5.32 Å². The van der Waals surface area contributed by atoms with Gasteiger partial charge in [-0.1, -0.05) is 13.3 Å². The van der Waals surface area contributed by atoms with Crippen LogP contribution in [0.4, 0.5) is 13.2 Å². The first-order chi connectivity index (χ1) is 9.42. The molecule has 7 heteroatoms. The fourth-order valence-corrected chi connectivity index (χ4v) is 2.00. The number of benzene rings is 1. The SMILES string of the molecule is CCC(CCCl)CNC(=O)c1cc(F)c(F)c(O)c1F. The molecule has 1 rings (SSSR count). The molecule has 0 aliphatic heterocycles. The molecule has 0 aliphatic rings. The number of phenolic OH excluding ortho intramolecular Hbond substituents is 1. The average Bonchev–Trinajstić information content (AvgIpc) is 2.44. The van der Waals surface area contributed by atoms with Gasteiger partial charge in [-0.15, -0.1) is 11.6 Å². The van der Waals surface area contributed by atoms with Gasteiger partial charge in [0.2, 0.25) is 5.82 Å². The molecule has 0 spiro atoms. The first-order valence-corrected chi connectivity index (χ1v) is 6.66. The number of hydrogen-bond donors (Lipinski definition) is 2. The van der Waals surface area contributed by atoms with Crippen LogP contribution in [0.3, 0.4) is 0 Å². The molecule has 112 valence electrons. The van der Waals surface area contributed by atoms with Gasteiger partial charge in [0.15, 0.2) is 17.4 Å². The largest absolute Gasteiger partial charge is 0.503 e. The molecule has 0 saturated carbocycles. The van der Waals surface area contributed by atoms with Crippen molar-refractivity contribution >= 4 is 17.5 Å². The van der Waals surface area contributed by atoms with E-state index in [9.17, 15) is 18.0 Å². The Kier molecular flexibility index (Phi) is 6.13. The van der Waals surface area contributed by atoms with Crippen molar-refractivity contribution in [3.05, 3.63) is 29.1 Å². The van der Waals surface area contributed by atoms with Crippen molar-refractivity contribution in [1.82, 2.24) is 5.32 Å². The number of phenols is 1. The summed E-state index contributed by atoms with van der Waals surface area (Å²) in [5.74, 6) is -6.55. The summed E-state index contributed by atoms with van der Waals surface area (Å²) in [6.45, 7) is 2.15. The van der Waals surface area contributed by atoms with E-state index in [4.69, 9.17) is 16.7 Å². The van der Waals surface area contributed by atoms with Gasteiger partial charge in [0.25, 0.3) is 5.91 Å². The Balaban J connectivity index is 2.83. The monoisotopic (exact) mass is 309 g/mol. The number of hydrogen-bond acceptors (Lipinski definition) is 2. The molecule has 1 unspecified atom stereocenters. The van der Waals surface area contributed by atoms with E-state index in [1.165, 1.54) is 0 Å². The van der Waals surface area contributed by atoms with E-state index in [1.807, 2.05) is 6.92 Å². The first kappa shape index (κ1) is 16.6. The number of carbonyl (C=O) groups is 1. The highest BCUT2D eigenvalue weighted by Gasteiger charge is 2.22. The van der Waals surface area contributed by atoms with Crippen molar-refractivity contribution < 1.29 is 23.1 Å². The normalized spacial score (nSPS) is 12.2. The number of aromatic hydroxyl groups is 1. The quantitative estimate of drug-likeness (QED) is 0.626. The lowest BCUT2D eigenvalue weighted by atomic mass is 10.0. The van der Waals surface area contributed by atoms with E-state index in [2.05, 4.69) is 5.32 Å². The van der Waals surface area contributed by atoms with E-state index < -0.39 is 34.7 Å². The Labute approximate surface area is 119 Å². The standard InChI is InChI=1S/C13H15ClF3NO2/c1-2-7(3-4-14)6-18-13(20)8-5-9(15)11(17)12(19)10(8)16/h5,7,19H,2-4,6H2,1H3,(H,18,20). The lowest BCUT2D eigenvalue weighted by Crippen LogP contribution is -2.30. The molecule has 1 aromatic carbocycles. The van der Waals surface area contributed by atoms with Crippen LogP contribution in [-0.2, 0) is 0 Å². The lowest BCUT2D eigenvalue weighted by Gasteiger charge is -2.14. The maximum Gasteiger partial charge on any atom is 0.254 e. The van der Waals surface area contributed by atoms with Gasteiger partial charge in [0, 0.05) is 12.4 Å². The predicted octanol–water partition coefficient (Wildman–Crippen LogP) is 3.19. The molecule has 20 heavy (non-hydrogen) atoms. The zero-order valence-electron chi connectivity index (χ0n) is 10.9. The summed E-state index contributed by atoms with van der Waals surface area (Å²) in [5, 5.41) is 11.4. The Morgan fingerprint density at radius 2 is 2.05 bits per heavy atom. The molecule has 2 N–H and O–H groups in total. The van der Waals surface area contributed by atoms with E-state index >= 15 is 0 Å². The van der Waals surface area contributed by atoms with Crippen molar-refractivity contribution in [3.63, 3.8) is 0 Å². The van der Waals surface area contributed by atoms with Gasteiger partial charge in [-0.3, -0.25) is 4.79 Å². The van der Waals surface area contributed by atoms with Crippen molar-refractivity contribution in [2.75, 3.05) is 12.4 Å². The summed E-state index contributed by atoms with van der Waals surface area (Å²) in [5.41, 5.74) is -0.734. The fourth-order valence-electron chi connectivity index (χ4n) is 1.69. The van der Waals surface area contributed by atoms with Gasteiger partial charge >= 0.3 is 0 Å². The molecular formula is C13H15ClF3NO2. The topological polar surface area (TPSA) is 49.3 Å². The summed E-state index contributed by atoms with van der Waals surface area (Å²) >= 11 is 5.59. The van der Waals surface area contributed by atoms with Crippen LogP contribution in [0.1, 0.15) is 30.1 Å². The number of halogens is 4. The van der Waals surface area contributed by atoms with Gasteiger partial charge in [0.05, 0.1) is 5.56 Å². The number of amides is 1. The van der Waals surface area contributed by atoms with Gasteiger partial charge in [-0.2, -0.15) is 4.39 Å². The number of carbonyl (C=O) groups excluding carboxylic acids is 1. The summed E-state index contributed by atoms with van der Waals surface area (Å²) in [7, 11) is 0. The highest BCUT2D eigenvalue weighted by molar-refractivity contribution is 6.17. The highest BCUT2D eigenvalue weighted by Crippen LogP contribution is 2.25. The average molecular weight is 310 g/mol. The highest BCUT2D eigenvalue weighted by atomic mass is 35.5. The molecule has 0 aliphatic carbocycles. The Bertz CT molecular complexity index is 497. The fraction of sp³-hybridized carbons (Fsp3) is 0.462. The van der Waals surface area contributed by atoms with Crippen LogP contribution in [0.25, 0.3) is 0 Å². The Morgan fingerprint density at radius 1 is 1.40 bits per heavy atom. The minimum absolute atomic E-state index is 0.110. The van der Waals surface area contributed by atoms with E-state index in [1.54, 1.807) is 0 Å². The zero-order valence-corrected chi connectivity index (χ0v) is 11.6. The molecule has 0 radical (unpaired) electrons. The van der Waals surface area contributed by atoms with Crippen LogP contribution in [0.2, 0.25) is 0 Å². The third kappa shape index (κ3) is 3.79. The molecule has 0 saturated heterocycles. The smallest absolute Gasteiger partial charge is 0.254 e. The number of rotatable bonds is 6.